The highest BCUT2D eigenvalue weighted by atomic mass is 16.5. The maximum atomic E-state index is 12.1. The van der Waals surface area contributed by atoms with Crippen LogP contribution in [0.25, 0.3) is 0 Å². The minimum atomic E-state index is -0.212. The third-order valence-corrected chi connectivity index (χ3v) is 3.62. The van der Waals surface area contributed by atoms with Gasteiger partial charge in [-0.25, -0.2) is 0 Å². The zero-order valence-electron chi connectivity index (χ0n) is 12.9. The fourth-order valence-electron chi connectivity index (χ4n) is 2.32. The zero-order valence-corrected chi connectivity index (χ0v) is 12.9. The van der Waals surface area contributed by atoms with E-state index in [-0.39, 0.29) is 18.1 Å². The van der Waals surface area contributed by atoms with Crippen LogP contribution in [0.4, 0.5) is 5.69 Å². The van der Waals surface area contributed by atoms with Gasteiger partial charge in [-0.15, -0.1) is 0 Å². The number of benzene rings is 1. The van der Waals surface area contributed by atoms with Crippen molar-refractivity contribution >= 4 is 11.7 Å². The summed E-state index contributed by atoms with van der Waals surface area (Å²) < 4.78 is 5.18. The summed E-state index contributed by atoms with van der Waals surface area (Å²) in [6.45, 7) is 6.41. The van der Waals surface area contributed by atoms with Crippen LogP contribution in [-0.2, 0) is 9.53 Å². The summed E-state index contributed by atoms with van der Waals surface area (Å²) in [5.41, 5.74) is 7.68. The van der Waals surface area contributed by atoms with Crippen LogP contribution in [0.3, 0.4) is 0 Å². The SMILES string of the molecule is CCCC(C(=O)OCC)N(C)C(C)c1cccc(N)c1. The van der Waals surface area contributed by atoms with Crippen LogP contribution in [0.5, 0.6) is 0 Å². The van der Waals surface area contributed by atoms with Crippen LogP contribution in [0.2, 0.25) is 0 Å². The van der Waals surface area contributed by atoms with E-state index in [4.69, 9.17) is 10.5 Å². The summed E-state index contributed by atoms with van der Waals surface area (Å²) in [5.74, 6) is -0.146. The van der Waals surface area contributed by atoms with Crippen molar-refractivity contribution in [2.75, 3.05) is 19.4 Å². The van der Waals surface area contributed by atoms with E-state index < -0.39 is 0 Å². The molecule has 0 aliphatic rings. The highest BCUT2D eigenvalue weighted by Gasteiger charge is 2.27. The molecule has 1 aromatic rings. The zero-order chi connectivity index (χ0) is 15.1. The Morgan fingerprint density at radius 3 is 2.65 bits per heavy atom. The predicted octanol–water partition coefficient (Wildman–Crippen LogP) is 2.99. The lowest BCUT2D eigenvalue weighted by atomic mass is 10.0. The first-order valence-electron chi connectivity index (χ1n) is 7.25. The molecule has 0 radical (unpaired) electrons. The Morgan fingerprint density at radius 1 is 1.40 bits per heavy atom. The standard InChI is InChI=1S/C16H26N2O2/c1-5-8-15(16(19)20-6-2)18(4)12(3)13-9-7-10-14(17)11-13/h7,9-12,15H,5-6,8,17H2,1-4H3. The van der Waals surface area contributed by atoms with Crippen molar-refractivity contribution in [2.45, 2.75) is 45.7 Å². The summed E-state index contributed by atoms with van der Waals surface area (Å²) in [5, 5.41) is 0. The van der Waals surface area contributed by atoms with E-state index >= 15 is 0 Å². The van der Waals surface area contributed by atoms with Crippen LogP contribution in [0.15, 0.2) is 24.3 Å². The van der Waals surface area contributed by atoms with Gasteiger partial charge in [-0.3, -0.25) is 9.69 Å². The summed E-state index contributed by atoms with van der Waals surface area (Å²) in [4.78, 5) is 14.2. The Balaban J connectivity index is 2.87. The van der Waals surface area contributed by atoms with Crippen LogP contribution >= 0.6 is 0 Å². The average Bonchev–Trinajstić information content (AvgIpc) is 2.43. The number of ether oxygens (including phenoxy) is 1. The highest BCUT2D eigenvalue weighted by Crippen LogP contribution is 2.24. The second-order valence-electron chi connectivity index (χ2n) is 5.07. The normalized spacial score (nSPS) is 14.1. The number of hydrogen-bond donors (Lipinski definition) is 1. The summed E-state index contributed by atoms with van der Waals surface area (Å²) in [7, 11) is 1.96. The largest absolute Gasteiger partial charge is 0.465 e. The van der Waals surface area contributed by atoms with Crippen LogP contribution < -0.4 is 5.73 Å². The molecule has 4 nitrogen and oxygen atoms in total. The van der Waals surface area contributed by atoms with E-state index in [1.165, 1.54) is 0 Å². The molecule has 0 fully saturated rings. The highest BCUT2D eigenvalue weighted by molar-refractivity contribution is 5.75. The number of nitrogens with zero attached hydrogens (tertiary/aromatic N) is 1. The topological polar surface area (TPSA) is 55.6 Å². The van der Waals surface area contributed by atoms with Gasteiger partial charge in [0.1, 0.15) is 6.04 Å². The van der Waals surface area contributed by atoms with Crippen LogP contribution in [0, 0.1) is 0 Å². The first-order chi connectivity index (χ1) is 9.51. The van der Waals surface area contributed by atoms with E-state index in [2.05, 4.69) is 18.7 Å². The average molecular weight is 278 g/mol. The second-order valence-corrected chi connectivity index (χ2v) is 5.07. The minimum Gasteiger partial charge on any atom is -0.465 e. The van der Waals surface area contributed by atoms with Gasteiger partial charge in [-0.1, -0.05) is 25.5 Å². The van der Waals surface area contributed by atoms with Gasteiger partial charge in [0.25, 0.3) is 0 Å². The lowest BCUT2D eigenvalue weighted by molar-refractivity contribution is -0.150. The van der Waals surface area contributed by atoms with Crippen molar-refractivity contribution in [1.82, 2.24) is 4.90 Å². The molecule has 0 spiro atoms. The molecule has 0 amide bonds. The van der Waals surface area contributed by atoms with Crippen molar-refractivity contribution in [1.29, 1.82) is 0 Å². The molecule has 1 aromatic carbocycles. The second kappa shape index (κ2) is 7.90. The fraction of sp³-hybridized carbons (Fsp3) is 0.562. The Hall–Kier alpha value is -1.55. The Kier molecular flexibility index (Phi) is 6.52. The molecule has 2 N–H and O–H groups in total. The molecular formula is C16H26N2O2. The van der Waals surface area contributed by atoms with Crippen molar-refractivity contribution in [3.63, 3.8) is 0 Å². The Bertz CT molecular complexity index is 434. The van der Waals surface area contributed by atoms with Crippen molar-refractivity contribution < 1.29 is 9.53 Å². The number of rotatable bonds is 7. The van der Waals surface area contributed by atoms with Gasteiger partial charge in [0.2, 0.25) is 0 Å². The fourth-order valence-corrected chi connectivity index (χ4v) is 2.32. The smallest absolute Gasteiger partial charge is 0.323 e. The summed E-state index contributed by atoms with van der Waals surface area (Å²) in [6, 6.07) is 7.69. The molecule has 0 aromatic heterocycles. The van der Waals surface area contributed by atoms with Crippen LogP contribution in [-0.4, -0.2) is 30.6 Å². The first-order valence-corrected chi connectivity index (χ1v) is 7.25. The minimum absolute atomic E-state index is 0.111. The van der Waals surface area contributed by atoms with Crippen LogP contribution in [0.1, 0.15) is 45.2 Å². The maximum Gasteiger partial charge on any atom is 0.323 e. The van der Waals surface area contributed by atoms with Gasteiger partial charge in [0.15, 0.2) is 0 Å². The van der Waals surface area contributed by atoms with Gasteiger partial charge in [-0.05, 0) is 45.0 Å². The third kappa shape index (κ3) is 4.23. The molecule has 112 valence electrons. The van der Waals surface area contributed by atoms with E-state index in [1.54, 1.807) is 0 Å². The molecule has 0 aliphatic heterocycles. The molecule has 20 heavy (non-hydrogen) atoms. The van der Waals surface area contributed by atoms with E-state index in [0.29, 0.717) is 6.61 Å². The maximum absolute atomic E-state index is 12.1. The molecule has 4 heteroatoms. The molecule has 0 bridgehead atoms. The Morgan fingerprint density at radius 2 is 2.10 bits per heavy atom. The lowest BCUT2D eigenvalue weighted by Gasteiger charge is -2.31. The molecule has 0 heterocycles. The van der Waals surface area contributed by atoms with E-state index in [1.807, 2.05) is 38.2 Å². The molecule has 0 saturated carbocycles. The van der Waals surface area contributed by atoms with Crippen molar-refractivity contribution in [2.24, 2.45) is 0 Å². The number of nitrogens with two attached hydrogens (primary N) is 1. The summed E-state index contributed by atoms with van der Waals surface area (Å²) >= 11 is 0. The molecular weight excluding hydrogens is 252 g/mol. The number of esters is 1. The monoisotopic (exact) mass is 278 g/mol. The summed E-state index contributed by atoms with van der Waals surface area (Å²) in [6.07, 6.45) is 1.74. The van der Waals surface area contributed by atoms with E-state index in [0.717, 1.165) is 24.1 Å². The van der Waals surface area contributed by atoms with Gasteiger partial charge < -0.3 is 10.5 Å². The molecule has 2 unspecified atom stereocenters. The lowest BCUT2D eigenvalue weighted by Crippen LogP contribution is -2.41. The van der Waals surface area contributed by atoms with Crippen molar-refractivity contribution in [3.8, 4) is 0 Å². The third-order valence-electron chi connectivity index (χ3n) is 3.62. The molecule has 0 aliphatic carbocycles. The number of likely N-dealkylation sites (N-methyl/N-ethyl adjacent to an activating group) is 1. The van der Waals surface area contributed by atoms with Crippen molar-refractivity contribution in [3.05, 3.63) is 29.8 Å². The van der Waals surface area contributed by atoms with Gasteiger partial charge >= 0.3 is 5.97 Å². The van der Waals surface area contributed by atoms with E-state index in [9.17, 15) is 4.79 Å². The number of carbonyl (C=O) groups is 1. The van der Waals surface area contributed by atoms with Gasteiger partial charge in [-0.2, -0.15) is 0 Å². The Labute approximate surface area is 121 Å². The molecule has 1 rings (SSSR count). The number of hydrogen-bond acceptors (Lipinski definition) is 4. The quantitative estimate of drug-likeness (QED) is 0.615. The molecule has 2 atom stereocenters. The predicted molar refractivity (Wildman–Crippen MR) is 82.4 cm³/mol. The number of carbonyl (C=O) groups excluding carboxylic acids is 1. The number of anilines is 1. The number of nitrogen functional groups attached to an aromatic ring is 1. The van der Waals surface area contributed by atoms with Gasteiger partial charge in [0, 0.05) is 11.7 Å². The first kappa shape index (κ1) is 16.5. The molecule has 0 saturated heterocycles. The van der Waals surface area contributed by atoms with Gasteiger partial charge in [0.05, 0.1) is 6.61 Å².